The van der Waals surface area contributed by atoms with Crippen LogP contribution in [0, 0.1) is 6.92 Å². The van der Waals surface area contributed by atoms with Crippen LogP contribution < -0.4 is 10.6 Å². The Hall–Kier alpha value is -2.15. The zero-order chi connectivity index (χ0) is 13.0. The second kappa shape index (κ2) is 5.46. The van der Waals surface area contributed by atoms with Crippen LogP contribution in [-0.2, 0) is 6.54 Å². The van der Waals surface area contributed by atoms with Crippen molar-refractivity contribution in [3.05, 3.63) is 34.6 Å². The van der Waals surface area contributed by atoms with E-state index in [1.165, 1.54) is 0 Å². The number of hydrogen-bond acceptors (Lipinski definition) is 4. The first-order valence-electron chi connectivity index (χ1n) is 5.18. The predicted molar refractivity (Wildman–Crippen MR) is 66.2 cm³/mol. The Balaban J connectivity index is 1.88. The number of benzene rings is 1. The average molecular weight is 267 g/mol. The van der Waals surface area contributed by atoms with Gasteiger partial charge in [-0.2, -0.15) is 5.21 Å². The largest absolute Gasteiger partial charge is 0.330 e. The number of nitrogens with one attached hydrogen (secondary N) is 3. The van der Waals surface area contributed by atoms with Crippen LogP contribution in [0.5, 0.6) is 0 Å². The van der Waals surface area contributed by atoms with Crippen LogP contribution in [0.3, 0.4) is 0 Å². The van der Waals surface area contributed by atoms with E-state index in [0.29, 0.717) is 16.5 Å². The summed E-state index contributed by atoms with van der Waals surface area (Å²) in [5, 5.41) is 18.9. The van der Waals surface area contributed by atoms with Crippen molar-refractivity contribution in [2.45, 2.75) is 13.5 Å². The minimum absolute atomic E-state index is 0.196. The SMILES string of the molecule is Cc1ccc(NC(=O)NCc2nn[nH]n2)cc1Cl. The van der Waals surface area contributed by atoms with Gasteiger partial charge in [0.25, 0.3) is 0 Å². The number of carbonyl (C=O) groups is 1. The highest BCUT2D eigenvalue weighted by molar-refractivity contribution is 6.31. The van der Waals surface area contributed by atoms with Gasteiger partial charge in [0.2, 0.25) is 0 Å². The van der Waals surface area contributed by atoms with Crippen molar-refractivity contribution in [3.8, 4) is 0 Å². The number of anilines is 1. The Morgan fingerprint density at radius 2 is 2.33 bits per heavy atom. The molecular weight excluding hydrogens is 256 g/mol. The fourth-order valence-corrected chi connectivity index (χ4v) is 1.44. The Kier molecular flexibility index (Phi) is 3.73. The number of urea groups is 1. The van der Waals surface area contributed by atoms with E-state index in [2.05, 4.69) is 31.3 Å². The van der Waals surface area contributed by atoms with Gasteiger partial charge in [-0.05, 0) is 24.6 Å². The number of amides is 2. The molecule has 7 nitrogen and oxygen atoms in total. The number of halogens is 1. The van der Waals surface area contributed by atoms with Gasteiger partial charge < -0.3 is 10.6 Å². The van der Waals surface area contributed by atoms with E-state index in [1.807, 2.05) is 13.0 Å². The van der Waals surface area contributed by atoms with E-state index in [-0.39, 0.29) is 12.6 Å². The Bertz CT molecular complexity index is 541. The van der Waals surface area contributed by atoms with Gasteiger partial charge in [-0.25, -0.2) is 4.79 Å². The smallest absolute Gasteiger partial charge is 0.319 e. The summed E-state index contributed by atoms with van der Waals surface area (Å²) in [4.78, 5) is 11.6. The van der Waals surface area contributed by atoms with Crippen molar-refractivity contribution >= 4 is 23.3 Å². The van der Waals surface area contributed by atoms with Crippen molar-refractivity contribution in [1.82, 2.24) is 25.9 Å². The summed E-state index contributed by atoms with van der Waals surface area (Å²) in [5.41, 5.74) is 1.57. The molecule has 94 valence electrons. The Morgan fingerprint density at radius 1 is 1.50 bits per heavy atom. The van der Waals surface area contributed by atoms with E-state index >= 15 is 0 Å². The van der Waals surface area contributed by atoms with Crippen LogP contribution >= 0.6 is 11.6 Å². The van der Waals surface area contributed by atoms with Crippen LogP contribution in [0.1, 0.15) is 11.4 Å². The summed E-state index contributed by atoms with van der Waals surface area (Å²) in [6, 6.07) is 4.93. The van der Waals surface area contributed by atoms with E-state index in [0.717, 1.165) is 5.56 Å². The van der Waals surface area contributed by atoms with Gasteiger partial charge in [0.1, 0.15) is 0 Å². The van der Waals surface area contributed by atoms with Gasteiger partial charge in [0.15, 0.2) is 5.82 Å². The number of carbonyl (C=O) groups excluding carboxylic acids is 1. The number of nitrogens with zero attached hydrogens (tertiary/aromatic N) is 3. The van der Waals surface area contributed by atoms with Crippen LogP contribution in [-0.4, -0.2) is 26.7 Å². The first-order chi connectivity index (χ1) is 8.65. The molecule has 0 radical (unpaired) electrons. The van der Waals surface area contributed by atoms with E-state index in [4.69, 9.17) is 11.6 Å². The molecule has 0 unspecified atom stereocenters. The molecule has 0 bridgehead atoms. The summed E-state index contributed by atoms with van der Waals surface area (Å²) in [6.07, 6.45) is 0. The van der Waals surface area contributed by atoms with Crippen molar-refractivity contribution in [1.29, 1.82) is 0 Å². The zero-order valence-corrected chi connectivity index (χ0v) is 10.3. The maximum Gasteiger partial charge on any atom is 0.319 e. The number of tetrazole rings is 1. The predicted octanol–water partition coefficient (Wildman–Crippen LogP) is 1.48. The lowest BCUT2D eigenvalue weighted by Gasteiger charge is -2.07. The Labute approximate surface area is 108 Å². The molecule has 2 aromatic rings. The molecule has 3 N–H and O–H groups in total. The molecule has 0 saturated carbocycles. The third-order valence-corrected chi connectivity index (χ3v) is 2.63. The molecule has 8 heteroatoms. The van der Waals surface area contributed by atoms with Crippen molar-refractivity contribution in [2.24, 2.45) is 0 Å². The van der Waals surface area contributed by atoms with Crippen LogP contribution in [0.15, 0.2) is 18.2 Å². The van der Waals surface area contributed by atoms with Crippen LogP contribution in [0.4, 0.5) is 10.5 Å². The average Bonchev–Trinajstić information content (AvgIpc) is 2.84. The number of aromatic amines is 1. The van der Waals surface area contributed by atoms with E-state index in [1.54, 1.807) is 12.1 Å². The maximum absolute atomic E-state index is 11.6. The number of H-pyrrole nitrogens is 1. The van der Waals surface area contributed by atoms with Gasteiger partial charge >= 0.3 is 6.03 Å². The summed E-state index contributed by atoms with van der Waals surface area (Å²) in [5.74, 6) is 0.409. The molecule has 18 heavy (non-hydrogen) atoms. The molecule has 0 aliphatic carbocycles. The normalized spacial score (nSPS) is 10.1. The van der Waals surface area contributed by atoms with Crippen molar-refractivity contribution in [2.75, 3.05) is 5.32 Å². The molecule has 0 aliphatic rings. The summed E-state index contributed by atoms with van der Waals surface area (Å²) in [7, 11) is 0. The first-order valence-corrected chi connectivity index (χ1v) is 5.56. The molecule has 0 fully saturated rings. The quantitative estimate of drug-likeness (QED) is 0.784. The number of aryl methyl sites for hydroxylation is 1. The van der Waals surface area contributed by atoms with Gasteiger partial charge in [-0.15, -0.1) is 10.2 Å². The van der Waals surface area contributed by atoms with Crippen molar-refractivity contribution < 1.29 is 4.79 Å². The molecule has 1 aromatic heterocycles. The summed E-state index contributed by atoms with van der Waals surface area (Å²) < 4.78 is 0. The lowest BCUT2D eigenvalue weighted by Crippen LogP contribution is -2.28. The fraction of sp³-hybridized carbons (Fsp3) is 0.200. The Morgan fingerprint density at radius 3 is 3.00 bits per heavy atom. The number of rotatable bonds is 3. The lowest BCUT2D eigenvalue weighted by molar-refractivity contribution is 0.251. The zero-order valence-electron chi connectivity index (χ0n) is 9.57. The second-order valence-corrected chi connectivity index (χ2v) is 4.01. The molecule has 0 aliphatic heterocycles. The van der Waals surface area contributed by atoms with E-state index in [9.17, 15) is 4.79 Å². The van der Waals surface area contributed by atoms with Gasteiger partial charge in [-0.3, -0.25) is 0 Å². The summed E-state index contributed by atoms with van der Waals surface area (Å²) >= 11 is 5.95. The highest BCUT2D eigenvalue weighted by Gasteiger charge is 2.05. The lowest BCUT2D eigenvalue weighted by atomic mass is 10.2. The molecule has 2 amide bonds. The molecule has 0 atom stereocenters. The summed E-state index contributed by atoms with van der Waals surface area (Å²) in [6.45, 7) is 2.09. The third-order valence-electron chi connectivity index (χ3n) is 2.23. The monoisotopic (exact) mass is 266 g/mol. The number of aromatic nitrogens is 4. The minimum Gasteiger partial charge on any atom is -0.330 e. The molecule has 1 heterocycles. The molecule has 0 saturated heterocycles. The minimum atomic E-state index is -0.361. The molecule has 2 rings (SSSR count). The molecular formula is C10H11ClN6O. The van der Waals surface area contributed by atoms with Crippen LogP contribution in [0.25, 0.3) is 0 Å². The van der Waals surface area contributed by atoms with E-state index < -0.39 is 0 Å². The van der Waals surface area contributed by atoms with Gasteiger partial charge in [0, 0.05) is 10.7 Å². The first kappa shape index (κ1) is 12.3. The van der Waals surface area contributed by atoms with Crippen molar-refractivity contribution in [3.63, 3.8) is 0 Å². The highest BCUT2D eigenvalue weighted by Crippen LogP contribution is 2.19. The van der Waals surface area contributed by atoms with Crippen LogP contribution in [0.2, 0.25) is 5.02 Å². The second-order valence-electron chi connectivity index (χ2n) is 3.60. The molecule has 1 aromatic carbocycles. The fourth-order valence-electron chi connectivity index (χ4n) is 1.26. The topological polar surface area (TPSA) is 95.6 Å². The van der Waals surface area contributed by atoms with Gasteiger partial charge in [0.05, 0.1) is 6.54 Å². The molecule has 0 spiro atoms. The standard InChI is InChI=1S/C10H11ClN6O/c1-6-2-3-7(4-8(6)11)13-10(18)12-5-9-14-16-17-15-9/h2-4H,5H2,1H3,(H2,12,13,18)(H,14,15,16,17). The maximum atomic E-state index is 11.6. The number of hydrogen-bond donors (Lipinski definition) is 3. The van der Waals surface area contributed by atoms with Gasteiger partial charge in [-0.1, -0.05) is 22.9 Å². The highest BCUT2D eigenvalue weighted by atomic mass is 35.5. The third kappa shape index (κ3) is 3.17.